The number of sulfonamides is 1. The quantitative estimate of drug-likeness (QED) is 0.857. The van der Waals surface area contributed by atoms with Crippen molar-refractivity contribution in [3.05, 3.63) is 54.1 Å². The van der Waals surface area contributed by atoms with Crippen molar-refractivity contribution >= 4 is 27.5 Å². The minimum absolute atomic E-state index is 0.0220. The highest BCUT2D eigenvalue weighted by molar-refractivity contribution is 7.90. The van der Waals surface area contributed by atoms with Crippen LogP contribution in [0.1, 0.15) is 18.4 Å². The summed E-state index contributed by atoms with van der Waals surface area (Å²) in [5, 5.41) is 2.94. The van der Waals surface area contributed by atoms with Gasteiger partial charge in [-0.2, -0.15) is 8.42 Å². The van der Waals surface area contributed by atoms with Gasteiger partial charge >= 0.3 is 0 Å². The Balaban J connectivity index is 1.40. The lowest BCUT2D eigenvalue weighted by atomic mass is 9.95. The minimum Gasteiger partial charge on any atom is -0.497 e. The molecular formula is C20H21N3O4S. The molecule has 1 amide bonds. The van der Waals surface area contributed by atoms with Gasteiger partial charge in [0.1, 0.15) is 10.6 Å². The number of amides is 1. The fourth-order valence-electron chi connectivity index (χ4n) is 3.59. The zero-order valence-electron chi connectivity index (χ0n) is 15.5. The normalized spacial score (nSPS) is 18.3. The lowest BCUT2D eigenvalue weighted by Gasteiger charge is -2.32. The highest BCUT2D eigenvalue weighted by atomic mass is 32.2. The van der Waals surface area contributed by atoms with Gasteiger partial charge in [0.2, 0.25) is 5.91 Å². The average molecular weight is 399 g/mol. The Bertz CT molecular complexity index is 1020. The maximum atomic E-state index is 12.6. The molecule has 8 heteroatoms. The van der Waals surface area contributed by atoms with Crippen LogP contribution in [-0.2, 0) is 14.8 Å². The summed E-state index contributed by atoms with van der Waals surface area (Å²) in [5.74, 6) is 1.09. The van der Waals surface area contributed by atoms with Crippen LogP contribution in [-0.4, -0.2) is 45.3 Å². The molecule has 2 heterocycles. The zero-order chi connectivity index (χ0) is 19.7. The van der Waals surface area contributed by atoms with Gasteiger partial charge in [-0.25, -0.2) is 0 Å². The summed E-state index contributed by atoms with van der Waals surface area (Å²) >= 11 is 0. The lowest BCUT2D eigenvalue weighted by Crippen LogP contribution is -2.41. The summed E-state index contributed by atoms with van der Waals surface area (Å²) < 4.78 is 33.6. The van der Waals surface area contributed by atoms with E-state index < -0.39 is 10.0 Å². The van der Waals surface area contributed by atoms with Crippen molar-refractivity contribution in [3.63, 3.8) is 0 Å². The largest absolute Gasteiger partial charge is 0.497 e. The number of amidine groups is 1. The molecule has 1 fully saturated rings. The van der Waals surface area contributed by atoms with E-state index in [1.165, 1.54) is 0 Å². The second-order valence-electron chi connectivity index (χ2n) is 6.87. The molecule has 28 heavy (non-hydrogen) atoms. The maximum Gasteiger partial charge on any atom is 0.285 e. The predicted molar refractivity (Wildman–Crippen MR) is 106 cm³/mol. The highest BCUT2D eigenvalue weighted by Crippen LogP contribution is 2.30. The van der Waals surface area contributed by atoms with Crippen molar-refractivity contribution in [3.8, 4) is 5.75 Å². The number of rotatable bonds is 3. The molecule has 2 aromatic carbocycles. The van der Waals surface area contributed by atoms with Crippen molar-refractivity contribution in [2.45, 2.75) is 17.7 Å². The molecule has 0 aromatic heterocycles. The Morgan fingerprint density at radius 2 is 1.79 bits per heavy atom. The number of piperidine rings is 1. The molecule has 0 aliphatic carbocycles. The third kappa shape index (κ3) is 3.47. The van der Waals surface area contributed by atoms with E-state index in [1.807, 2.05) is 11.0 Å². The zero-order valence-corrected chi connectivity index (χ0v) is 16.3. The van der Waals surface area contributed by atoms with E-state index in [1.54, 1.807) is 49.6 Å². The molecular weight excluding hydrogens is 378 g/mol. The summed E-state index contributed by atoms with van der Waals surface area (Å²) in [4.78, 5) is 14.8. The molecule has 2 aliphatic heterocycles. The number of anilines is 1. The molecule has 0 saturated carbocycles. The van der Waals surface area contributed by atoms with Crippen LogP contribution < -0.4 is 10.1 Å². The van der Waals surface area contributed by atoms with Crippen LogP contribution in [0, 0.1) is 5.92 Å². The van der Waals surface area contributed by atoms with Crippen LogP contribution in [0.4, 0.5) is 5.69 Å². The number of benzene rings is 2. The Morgan fingerprint density at radius 3 is 2.46 bits per heavy atom. The summed E-state index contributed by atoms with van der Waals surface area (Å²) in [6.07, 6.45) is 1.28. The van der Waals surface area contributed by atoms with Crippen LogP contribution in [0.2, 0.25) is 0 Å². The molecule has 4 rings (SSSR count). The second-order valence-corrected chi connectivity index (χ2v) is 8.44. The second kappa shape index (κ2) is 7.27. The number of nitrogens with one attached hydrogen (secondary N) is 1. The van der Waals surface area contributed by atoms with E-state index >= 15 is 0 Å². The van der Waals surface area contributed by atoms with Crippen LogP contribution >= 0.6 is 0 Å². The summed E-state index contributed by atoms with van der Waals surface area (Å²) in [7, 11) is -2.03. The van der Waals surface area contributed by atoms with Gasteiger partial charge in [-0.3, -0.25) is 4.79 Å². The molecule has 1 saturated heterocycles. The van der Waals surface area contributed by atoms with Gasteiger partial charge in [0.25, 0.3) is 10.0 Å². The number of ether oxygens (including phenoxy) is 1. The molecule has 2 aliphatic rings. The van der Waals surface area contributed by atoms with Crippen LogP contribution in [0.3, 0.4) is 0 Å². The van der Waals surface area contributed by atoms with Gasteiger partial charge in [-0.05, 0) is 49.2 Å². The number of carbonyl (C=O) groups excluding carboxylic acids is 1. The number of methoxy groups -OCH3 is 1. The Labute approximate surface area is 164 Å². The van der Waals surface area contributed by atoms with Crippen molar-refractivity contribution < 1.29 is 17.9 Å². The van der Waals surface area contributed by atoms with E-state index in [9.17, 15) is 13.2 Å². The van der Waals surface area contributed by atoms with E-state index in [0.717, 1.165) is 11.4 Å². The molecule has 0 bridgehead atoms. The standard InChI is InChI=1S/C20H21N3O4S/c1-27-16-8-6-15(7-9-16)21-20(24)14-10-12-23(13-11-14)19-17-4-2-3-5-18(17)28(25,26)22-19/h2-9,14H,10-13H2,1H3,(H,21,24). The van der Waals surface area contributed by atoms with E-state index in [2.05, 4.69) is 9.71 Å². The third-order valence-corrected chi connectivity index (χ3v) is 6.46. The van der Waals surface area contributed by atoms with Crippen molar-refractivity contribution in [2.75, 3.05) is 25.5 Å². The van der Waals surface area contributed by atoms with Gasteiger partial charge in [0, 0.05) is 30.3 Å². The van der Waals surface area contributed by atoms with E-state index in [-0.39, 0.29) is 16.7 Å². The number of hydrogen-bond acceptors (Lipinski definition) is 5. The fraction of sp³-hybridized carbons (Fsp3) is 0.300. The SMILES string of the molecule is COc1ccc(NC(=O)C2CCN(C3=NS(=O)(=O)c4ccccc43)CC2)cc1. The number of nitrogens with zero attached hydrogens (tertiary/aromatic N) is 2. The van der Waals surface area contributed by atoms with Crippen molar-refractivity contribution in [1.82, 2.24) is 4.90 Å². The van der Waals surface area contributed by atoms with Gasteiger partial charge in [-0.15, -0.1) is 4.40 Å². The molecule has 2 aromatic rings. The average Bonchev–Trinajstić information content (AvgIpc) is 3.00. The van der Waals surface area contributed by atoms with Crippen LogP contribution in [0.5, 0.6) is 5.75 Å². The highest BCUT2D eigenvalue weighted by Gasteiger charge is 2.34. The number of likely N-dealkylation sites (tertiary alicyclic amines) is 1. The predicted octanol–water partition coefficient (Wildman–Crippen LogP) is 2.49. The summed E-state index contributed by atoms with van der Waals surface area (Å²) in [6, 6.07) is 14.1. The van der Waals surface area contributed by atoms with Crippen LogP contribution in [0.15, 0.2) is 57.8 Å². The summed E-state index contributed by atoms with van der Waals surface area (Å²) in [5.41, 5.74) is 1.37. The molecule has 0 spiro atoms. The molecule has 7 nitrogen and oxygen atoms in total. The first kappa shape index (κ1) is 18.5. The Morgan fingerprint density at radius 1 is 1.11 bits per heavy atom. The Kier molecular flexibility index (Phi) is 4.80. The molecule has 1 N–H and O–H groups in total. The first-order valence-electron chi connectivity index (χ1n) is 9.12. The van der Waals surface area contributed by atoms with Gasteiger partial charge < -0.3 is 15.0 Å². The minimum atomic E-state index is -3.62. The molecule has 0 unspecified atom stereocenters. The van der Waals surface area contributed by atoms with Crippen molar-refractivity contribution in [2.24, 2.45) is 10.3 Å². The van der Waals surface area contributed by atoms with Gasteiger partial charge in [-0.1, -0.05) is 12.1 Å². The van der Waals surface area contributed by atoms with Gasteiger partial charge in [0.05, 0.1) is 7.11 Å². The number of hydrogen-bond donors (Lipinski definition) is 1. The number of fused-ring (bicyclic) bond motifs is 1. The maximum absolute atomic E-state index is 12.6. The monoisotopic (exact) mass is 399 g/mol. The lowest BCUT2D eigenvalue weighted by molar-refractivity contribution is -0.120. The van der Waals surface area contributed by atoms with E-state index in [4.69, 9.17) is 4.74 Å². The first-order valence-corrected chi connectivity index (χ1v) is 10.6. The first-order chi connectivity index (χ1) is 13.5. The molecule has 0 radical (unpaired) electrons. The third-order valence-electron chi connectivity index (χ3n) is 5.14. The van der Waals surface area contributed by atoms with Crippen molar-refractivity contribution in [1.29, 1.82) is 0 Å². The molecule has 146 valence electrons. The Hall–Kier alpha value is -2.87. The fourth-order valence-corrected chi connectivity index (χ4v) is 4.82. The topological polar surface area (TPSA) is 88.1 Å². The number of carbonyl (C=O) groups is 1. The van der Waals surface area contributed by atoms with Crippen LogP contribution in [0.25, 0.3) is 0 Å². The molecule has 0 atom stereocenters. The summed E-state index contributed by atoms with van der Waals surface area (Å²) in [6.45, 7) is 1.17. The van der Waals surface area contributed by atoms with E-state index in [0.29, 0.717) is 37.3 Å². The smallest absolute Gasteiger partial charge is 0.285 e. The van der Waals surface area contributed by atoms with Gasteiger partial charge in [0.15, 0.2) is 5.84 Å².